The van der Waals surface area contributed by atoms with E-state index in [4.69, 9.17) is 12.1 Å². The van der Waals surface area contributed by atoms with Gasteiger partial charge in [-0.15, -0.1) is 0 Å². The molecule has 0 saturated carbocycles. The van der Waals surface area contributed by atoms with Crippen LogP contribution in [0, 0.1) is 5.92 Å². The first-order valence-electron chi connectivity index (χ1n) is 12.6. The Kier molecular flexibility index (Phi) is 4.50. The van der Waals surface area contributed by atoms with Gasteiger partial charge in [-0.3, -0.25) is 4.57 Å². The first kappa shape index (κ1) is 18.3. The van der Waals surface area contributed by atoms with Crippen molar-refractivity contribution in [3.8, 4) is 28.2 Å². The SMILES string of the molecule is [2H]C([2H])(c1ccc2occ(-c3nc4ccccc4n3-c3ccc(-c4ccccc4)cc3)c2c1)C(C)C. The lowest BCUT2D eigenvalue weighted by Crippen LogP contribution is -1.97. The monoisotopic (exact) mass is 444 g/mol. The average molecular weight is 445 g/mol. The fourth-order valence-corrected chi connectivity index (χ4v) is 4.53. The molecule has 0 radical (unpaired) electrons. The van der Waals surface area contributed by atoms with Crippen molar-refractivity contribution in [2.75, 3.05) is 0 Å². The van der Waals surface area contributed by atoms with Crippen molar-refractivity contribution in [3.05, 3.63) is 109 Å². The number of benzene rings is 4. The quantitative estimate of drug-likeness (QED) is 0.268. The molecule has 4 aromatic carbocycles. The lowest BCUT2D eigenvalue weighted by Gasteiger charge is -2.11. The zero-order valence-electron chi connectivity index (χ0n) is 21.2. The Bertz CT molecular complexity index is 1680. The number of hydrogen-bond donors (Lipinski definition) is 0. The van der Waals surface area contributed by atoms with E-state index in [0.29, 0.717) is 11.1 Å². The average Bonchev–Trinajstić information content (AvgIpc) is 3.50. The minimum absolute atomic E-state index is 0.155. The Hall–Kier alpha value is -4.11. The molecule has 0 atom stereocenters. The van der Waals surface area contributed by atoms with Crippen LogP contribution in [-0.2, 0) is 6.37 Å². The van der Waals surface area contributed by atoms with E-state index >= 15 is 0 Å². The van der Waals surface area contributed by atoms with Gasteiger partial charge in [0.2, 0.25) is 0 Å². The van der Waals surface area contributed by atoms with Crippen molar-refractivity contribution in [2.45, 2.75) is 20.2 Å². The third-order valence-corrected chi connectivity index (χ3v) is 6.06. The molecule has 3 heteroatoms. The molecule has 6 aromatic rings. The fourth-order valence-electron chi connectivity index (χ4n) is 4.53. The third kappa shape index (κ3) is 3.60. The molecule has 0 aliphatic rings. The van der Waals surface area contributed by atoms with Crippen LogP contribution in [-0.4, -0.2) is 9.55 Å². The van der Waals surface area contributed by atoms with Crippen LogP contribution in [0.2, 0.25) is 0 Å². The highest BCUT2D eigenvalue weighted by Crippen LogP contribution is 2.35. The van der Waals surface area contributed by atoms with Crippen molar-refractivity contribution >= 4 is 22.0 Å². The predicted molar refractivity (Wildman–Crippen MR) is 140 cm³/mol. The summed E-state index contributed by atoms with van der Waals surface area (Å²) in [6.45, 7) is 3.80. The number of hydrogen-bond acceptors (Lipinski definition) is 2. The summed E-state index contributed by atoms with van der Waals surface area (Å²) in [5.74, 6) is 0.614. The van der Waals surface area contributed by atoms with Crippen molar-refractivity contribution in [2.24, 2.45) is 5.92 Å². The summed E-state index contributed by atoms with van der Waals surface area (Å²) in [7, 11) is 0. The summed E-state index contributed by atoms with van der Waals surface area (Å²) < 4.78 is 25.3. The Morgan fingerprint density at radius 2 is 1.59 bits per heavy atom. The van der Waals surface area contributed by atoms with Gasteiger partial charge in [0.1, 0.15) is 17.7 Å². The van der Waals surface area contributed by atoms with Crippen LogP contribution in [0.25, 0.3) is 50.2 Å². The lowest BCUT2D eigenvalue weighted by molar-refractivity contribution is 0.615. The zero-order chi connectivity index (χ0) is 24.9. The maximum absolute atomic E-state index is 8.60. The van der Waals surface area contributed by atoms with Gasteiger partial charge in [0, 0.05) is 13.8 Å². The Labute approximate surface area is 202 Å². The van der Waals surface area contributed by atoms with Crippen LogP contribution < -0.4 is 0 Å². The van der Waals surface area contributed by atoms with Crippen LogP contribution >= 0.6 is 0 Å². The van der Waals surface area contributed by atoms with E-state index in [1.54, 1.807) is 6.26 Å². The van der Waals surface area contributed by atoms with Gasteiger partial charge in [-0.25, -0.2) is 4.98 Å². The van der Waals surface area contributed by atoms with Crippen LogP contribution in [0.4, 0.5) is 0 Å². The normalized spacial score (nSPS) is 12.9. The van der Waals surface area contributed by atoms with Gasteiger partial charge in [0.25, 0.3) is 0 Å². The first-order chi connectivity index (χ1) is 17.4. The maximum Gasteiger partial charge on any atom is 0.149 e. The van der Waals surface area contributed by atoms with Gasteiger partial charge in [-0.05, 0) is 65.4 Å². The molecule has 0 N–H and O–H groups in total. The van der Waals surface area contributed by atoms with Gasteiger partial charge >= 0.3 is 0 Å². The Morgan fingerprint density at radius 3 is 2.38 bits per heavy atom. The molecule has 0 saturated heterocycles. The van der Waals surface area contributed by atoms with Gasteiger partial charge in [0.05, 0.1) is 16.6 Å². The van der Waals surface area contributed by atoms with Gasteiger partial charge in [-0.2, -0.15) is 0 Å². The van der Waals surface area contributed by atoms with E-state index in [0.717, 1.165) is 39.1 Å². The van der Waals surface area contributed by atoms with Gasteiger partial charge in [-0.1, -0.05) is 74.5 Å². The van der Waals surface area contributed by atoms with E-state index in [2.05, 4.69) is 47.0 Å². The Morgan fingerprint density at radius 1 is 0.853 bits per heavy atom. The molecule has 0 fully saturated rings. The number of furan rings is 1. The molecule has 0 spiro atoms. The second-order valence-corrected chi connectivity index (χ2v) is 8.83. The van der Waals surface area contributed by atoms with Crippen LogP contribution in [0.3, 0.4) is 0 Å². The molecule has 2 heterocycles. The zero-order valence-corrected chi connectivity index (χ0v) is 19.2. The molecule has 0 unspecified atom stereocenters. The van der Waals surface area contributed by atoms with E-state index in [1.165, 1.54) is 5.56 Å². The van der Waals surface area contributed by atoms with Crippen LogP contribution in [0.5, 0.6) is 0 Å². The van der Waals surface area contributed by atoms with Crippen LogP contribution in [0.15, 0.2) is 108 Å². The molecule has 0 bridgehead atoms. The number of para-hydroxylation sites is 2. The summed E-state index contributed by atoms with van der Waals surface area (Å²) in [6, 6.07) is 32.5. The van der Waals surface area contributed by atoms with E-state index in [9.17, 15) is 0 Å². The van der Waals surface area contributed by atoms with Gasteiger partial charge < -0.3 is 4.42 Å². The molecular formula is C31H26N2O. The summed E-state index contributed by atoms with van der Waals surface area (Å²) in [5.41, 5.74) is 7.42. The highest BCUT2D eigenvalue weighted by Gasteiger charge is 2.19. The fraction of sp³-hybridized carbons (Fsp3) is 0.129. The number of fused-ring (bicyclic) bond motifs is 2. The second-order valence-electron chi connectivity index (χ2n) is 8.83. The molecular weight excluding hydrogens is 416 g/mol. The van der Waals surface area contributed by atoms with E-state index < -0.39 is 6.37 Å². The molecule has 34 heavy (non-hydrogen) atoms. The molecule has 3 nitrogen and oxygen atoms in total. The summed E-state index contributed by atoms with van der Waals surface area (Å²) in [6.07, 6.45) is 0.283. The number of imidazole rings is 1. The minimum Gasteiger partial charge on any atom is -0.464 e. The number of aromatic nitrogens is 2. The molecule has 2 aromatic heterocycles. The van der Waals surface area contributed by atoms with E-state index in [-0.39, 0.29) is 5.92 Å². The summed E-state index contributed by atoms with van der Waals surface area (Å²) in [5, 5.41) is 0.856. The third-order valence-electron chi connectivity index (χ3n) is 6.06. The van der Waals surface area contributed by atoms with Crippen LogP contribution in [0.1, 0.15) is 22.2 Å². The highest BCUT2D eigenvalue weighted by molar-refractivity contribution is 5.95. The van der Waals surface area contributed by atoms with E-state index in [1.807, 2.05) is 68.4 Å². The summed E-state index contributed by atoms with van der Waals surface area (Å²) >= 11 is 0. The van der Waals surface area contributed by atoms with Crippen molar-refractivity contribution in [1.29, 1.82) is 0 Å². The minimum atomic E-state index is -1.45. The Balaban J connectivity index is 1.54. The largest absolute Gasteiger partial charge is 0.464 e. The lowest BCUT2D eigenvalue weighted by atomic mass is 10.0. The van der Waals surface area contributed by atoms with Crippen molar-refractivity contribution < 1.29 is 7.16 Å². The number of rotatable bonds is 5. The smallest absolute Gasteiger partial charge is 0.149 e. The van der Waals surface area contributed by atoms with Gasteiger partial charge in [0.15, 0.2) is 0 Å². The molecule has 0 amide bonds. The molecule has 6 rings (SSSR count). The van der Waals surface area contributed by atoms with Crippen molar-refractivity contribution in [1.82, 2.24) is 9.55 Å². The summed E-state index contributed by atoms with van der Waals surface area (Å²) in [4.78, 5) is 5.00. The topological polar surface area (TPSA) is 31.0 Å². The predicted octanol–water partition coefficient (Wildman–Crippen LogP) is 8.30. The molecule has 0 aliphatic heterocycles. The second kappa shape index (κ2) is 8.35. The maximum atomic E-state index is 8.60. The standard InChI is InChI=1S/C31H26N2O/c1-21(2)18-22-12-17-30-26(19-22)27(20-34-30)31-32-28-10-6-7-11-29(28)33(31)25-15-13-24(14-16-25)23-8-4-3-5-9-23/h3-17,19-21H,18H2,1-2H3/i18D2. The molecule has 0 aliphatic carbocycles. The molecule has 166 valence electrons. The van der Waals surface area contributed by atoms with Crippen molar-refractivity contribution in [3.63, 3.8) is 0 Å². The first-order valence-corrected chi connectivity index (χ1v) is 11.6. The number of nitrogens with zero attached hydrogens (tertiary/aromatic N) is 2. The highest BCUT2D eigenvalue weighted by atomic mass is 16.3.